The second-order valence-electron chi connectivity index (χ2n) is 4.27. The van der Waals surface area contributed by atoms with Crippen LogP contribution in [0.2, 0.25) is 0 Å². The summed E-state index contributed by atoms with van der Waals surface area (Å²) in [5, 5.41) is 2.87. The predicted octanol–water partition coefficient (Wildman–Crippen LogP) is 3.54. The van der Waals surface area contributed by atoms with Gasteiger partial charge in [0.05, 0.1) is 6.54 Å². The van der Waals surface area contributed by atoms with E-state index in [0.717, 1.165) is 25.9 Å². The van der Waals surface area contributed by atoms with E-state index in [1.54, 1.807) is 0 Å². The Morgan fingerprint density at radius 1 is 1.17 bits per heavy atom. The molecule has 0 aliphatic heterocycles. The average molecular weight is 260 g/mol. The van der Waals surface area contributed by atoms with E-state index in [1.807, 2.05) is 34.7 Å². The molecule has 0 aromatic heterocycles. The Balaban J connectivity index is -0.000000506. The van der Waals surface area contributed by atoms with Gasteiger partial charge in [0.2, 0.25) is 5.91 Å². The molecule has 0 atom stereocenters. The van der Waals surface area contributed by atoms with Gasteiger partial charge in [-0.2, -0.15) is 0 Å². The minimum atomic E-state index is 0.137. The van der Waals surface area contributed by atoms with Crippen molar-refractivity contribution in [2.45, 2.75) is 61.3 Å². The van der Waals surface area contributed by atoms with E-state index < -0.39 is 0 Å². The third-order valence-corrected chi connectivity index (χ3v) is 2.07. The minimum absolute atomic E-state index is 0.137. The quantitative estimate of drug-likeness (QED) is 0.759. The molecule has 0 aliphatic carbocycles. The van der Waals surface area contributed by atoms with Crippen molar-refractivity contribution in [3.05, 3.63) is 0 Å². The Labute approximate surface area is 115 Å². The van der Waals surface area contributed by atoms with Crippen molar-refractivity contribution in [1.29, 1.82) is 0 Å². The normalized spacial score (nSPS) is 9.22. The van der Waals surface area contributed by atoms with Crippen LogP contribution in [0, 0.1) is 5.92 Å². The Morgan fingerprint density at radius 2 is 1.67 bits per heavy atom. The molecule has 0 saturated heterocycles. The Kier molecular flexibility index (Phi) is 23.6. The molecule has 3 heteroatoms. The van der Waals surface area contributed by atoms with Gasteiger partial charge in [0.1, 0.15) is 0 Å². The summed E-state index contributed by atoms with van der Waals surface area (Å²) >= 11 is 0. The average Bonchev–Trinajstić information content (AvgIpc) is 2.38. The van der Waals surface area contributed by atoms with Crippen LogP contribution in [0.3, 0.4) is 0 Å². The predicted molar refractivity (Wildman–Crippen MR) is 82.9 cm³/mol. The van der Waals surface area contributed by atoms with Gasteiger partial charge < -0.3 is 5.32 Å². The second-order valence-corrected chi connectivity index (χ2v) is 4.27. The van der Waals surface area contributed by atoms with Crippen molar-refractivity contribution in [1.82, 2.24) is 10.2 Å². The Hall–Kier alpha value is -0.570. The van der Waals surface area contributed by atoms with Gasteiger partial charge in [0, 0.05) is 6.54 Å². The number of hydrogen-bond donors (Lipinski definition) is 1. The van der Waals surface area contributed by atoms with Gasteiger partial charge >= 0.3 is 0 Å². The third-order valence-electron chi connectivity index (χ3n) is 2.07. The van der Waals surface area contributed by atoms with Crippen LogP contribution in [-0.2, 0) is 4.79 Å². The molecule has 0 fully saturated rings. The Morgan fingerprint density at radius 3 is 2.06 bits per heavy atom. The van der Waals surface area contributed by atoms with E-state index in [1.165, 1.54) is 0 Å². The van der Waals surface area contributed by atoms with Crippen LogP contribution < -0.4 is 5.32 Å². The van der Waals surface area contributed by atoms with Crippen molar-refractivity contribution in [2.75, 3.05) is 26.7 Å². The number of rotatable bonds is 7. The van der Waals surface area contributed by atoms with Crippen molar-refractivity contribution in [3.8, 4) is 0 Å². The lowest BCUT2D eigenvalue weighted by atomic mass is 10.1. The molecule has 1 amide bonds. The highest BCUT2D eigenvalue weighted by Crippen LogP contribution is 1.99. The first-order valence-corrected chi connectivity index (χ1v) is 7.51. The molecule has 0 aliphatic rings. The molecule has 0 aromatic rings. The van der Waals surface area contributed by atoms with Gasteiger partial charge in [0.25, 0.3) is 0 Å². The van der Waals surface area contributed by atoms with E-state index >= 15 is 0 Å². The zero-order valence-electron chi connectivity index (χ0n) is 14.0. The number of carbonyl (C=O) groups excluding carboxylic acids is 1. The topological polar surface area (TPSA) is 32.3 Å². The molecule has 112 valence electrons. The maximum Gasteiger partial charge on any atom is 0.234 e. The van der Waals surface area contributed by atoms with Crippen molar-refractivity contribution in [3.63, 3.8) is 0 Å². The fraction of sp³-hybridized carbons (Fsp3) is 0.933. The van der Waals surface area contributed by atoms with Crippen LogP contribution in [0.15, 0.2) is 0 Å². The highest BCUT2D eigenvalue weighted by molar-refractivity contribution is 5.77. The number of carbonyl (C=O) groups is 1. The molecule has 0 aromatic carbocycles. The summed E-state index contributed by atoms with van der Waals surface area (Å²) in [4.78, 5) is 13.4. The molecule has 0 heterocycles. The zero-order valence-corrected chi connectivity index (χ0v) is 14.0. The number of nitrogens with one attached hydrogen (secondary N) is 1. The SMILES string of the molecule is CC.CC.CCCNC(=O)CN(C)CCC(C)C. The molecule has 3 nitrogen and oxygen atoms in total. The van der Waals surface area contributed by atoms with Gasteiger partial charge in [-0.3, -0.25) is 9.69 Å². The Bertz CT molecular complexity index is 159. The van der Waals surface area contributed by atoms with Crippen LogP contribution in [0.1, 0.15) is 61.3 Å². The molecule has 0 unspecified atom stereocenters. The van der Waals surface area contributed by atoms with E-state index in [4.69, 9.17) is 0 Å². The smallest absolute Gasteiger partial charge is 0.234 e. The van der Waals surface area contributed by atoms with Gasteiger partial charge in [-0.05, 0) is 32.4 Å². The van der Waals surface area contributed by atoms with Crippen molar-refractivity contribution >= 4 is 5.91 Å². The fourth-order valence-corrected chi connectivity index (χ4v) is 1.12. The highest BCUT2D eigenvalue weighted by Gasteiger charge is 2.05. The first-order chi connectivity index (χ1) is 8.56. The van der Waals surface area contributed by atoms with Crippen molar-refractivity contribution < 1.29 is 4.79 Å². The van der Waals surface area contributed by atoms with Crippen LogP contribution >= 0.6 is 0 Å². The summed E-state index contributed by atoms with van der Waals surface area (Å²) in [6, 6.07) is 0. The van der Waals surface area contributed by atoms with E-state index in [9.17, 15) is 4.79 Å². The molecule has 18 heavy (non-hydrogen) atoms. The summed E-state index contributed by atoms with van der Waals surface area (Å²) < 4.78 is 0. The monoisotopic (exact) mass is 260 g/mol. The van der Waals surface area contributed by atoms with E-state index in [2.05, 4.69) is 31.0 Å². The fourth-order valence-electron chi connectivity index (χ4n) is 1.12. The molecule has 0 saturated carbocycles. The largest absolute Gasteiger partial charge is 0.355 e. The van der Waals surface area contributed by atoms with E-state index in [-0.39, 0.29) is 5.91 Å². The van der Waals surface area contributed by atoms with E-state index in [0.29, 0.717) is 12.5 Å². The first-order valence-electron chi connectivity index (χ1n) is 7.51. The summed E-state index contributed by atoms with van der Waals surface area (Å²) in [5.41, 5.74) is 0. The lowest BCUT2D eigenvalue weighted by Gasteiger charge is -2.17. The number of nitrogens with zero attached hydrogens (tertiary/aromatic N) is 1. The maximum absolute atomic E-state index is 11.3. The summed E-state index contributed by atoms with van der Waals surface area (Å²) in [7, 11) is 1.99. The van der Waals surface area contributed by atoms with Crippen LogP contribution in [-0.4, -0.2) is 37.5 Å². The van der Waals surface area contributed by atoms with Gasteiger partial charge in [0.15, 0.2) is 0 Å². The zero-order chi connectivity index (χ0) is 15.0. The van der Waals surface area contributed by atoms with Gasteiger partial charge in [-0.25, -0.2) is 0 Å². The van der Waals surface area contributed by atoms with Crippen LogP contribution in [0.25, 0.3) is 0 Å². The first kappa shape index (κ1) is 22.6. The second kappa shape index (κ2) is 18.8. The molecule has 0 bridgehead atoms. The number of hydrogen-bond acceptors (Lipinski definition) is 2. The number of likely N-dealkylation sites (N-methyl/N-ethyl adjacent to an activating group) is 1. The van der Waals surface area contributed by atoms with Gasteiger partial charge in [-0.15, -0.1) is 0 Å². The molecular formula is C15H36N2O. The summed E-state index contributed by atoms with van der Waals surface area (Å²) in [6.45, 7) is 16.8. The molecule has 1 N–H and O–H groups in total. The summed E-state index contributed by atoms with van der Waals surface area (Å²) in [5.74, 6) is 0.842. The standard InChI is InChI=1S/C11H24N2O.2C2H6/c1-5-7-12-11(14)9-13(4)8-6-10(2)3;2*1-2/h10H,5-9H2,1-4H3,(H,12,14);2*1-2H3. The molecule has 0 spiro atoms. The van der Waals surface area contributed by atoms with Crippen LogP contribution in [0.5, 0.6) is 0 Å². The third kappa shape index (κ3) is 20.8. The lowest BCUT2D eigenvalue weighted by molar-refractivity contribution is -0.121. The molecular weight excluding hydrogens is 224 g/mol. The van der Waals surface area contributed by atoms with Gasteiger partial charge in [-0.1, -0.05) is 48.5 Å². The minimum Gasteiger partial charge on any atom is -0.355 e. The van der Waals surface area contributed by atoms with Crippen molar-refractivity contribution in [2.24, 2.45) is 5.92 Å². The maximum atomic E-state index is 11.3. The molecule has 0 rings (SSSR count). The van der Waals surface area contributed by atoms with Crippen LogP contribution in [0.4, 0.5) is 0 Å². The lowest BCUT2D eigenvalue weighted by Crippen LogP contribution is -2.36. The number of amides is 1. The highest BCUT2D eigenvalue weighted by atomic mass is 16.1. The molecule has 0 radical (unpaired) electrons. The summed E-state index contributed by atoms with van der Waals surface area (Å²) in [6.07, 6.45) is 2.15.